The Morgan fingerprint density at radius 3 is 2.70 bits per heavy atom. The number of nitrogens with zero attached hydrogens (tertiary/aromatic N) is 4. The van der Waals surface area contributed by atoms with Gasteiger partial charge in [-0.25, -0.2) is 9.97 Å². The number of likely N-dealkylation sites (tertiary alicyclic amines) is 1. The largest absolute Gasteiger partial charge is 0.361 e. The van der Waals surface area contributed by atoms with Crippen molar-refractivity contribution in [2.24, 2.45) is 0 Å². The summed E-state index contributed by atoms with van der Waals surface area (Å²) in [5.74, 6) is 1.45. The third-order valence-corrected chi connectivity index (χ3v) is 4.38. The zero-order valence-electron chi connectivity index (χ0n) is 14.1. The Bertz CT molecular complexity index is 719. The van der Waals surface area contributed by atoms with Gasteiger partial charge in [0, 0.05) is 19.2 Å². The fourth-order valence-corrected chi connectivity index (χ4v) is 3.29. The summed E-state index contributed by atoms with van der Waals surface area (Å²) in [6.45, 7) is 8.13. The van der Waals surface area contributed by atoms with Gasteiger partial charge in [-0.2, -0.15) is 0 Å². The highest BCUT2D eigenvalue weighted by Crippen LogP contribution is 2.32. The van der Waals surface area contributed by atoms with Crippen molar-refractivity contribution in [3.63, 3.8) is 0 Å². The first-order valence-corrected chi connectivity index (χ1v) is 8.03. The molecule has 0 N–H and O–H groups in total. The molecule has 122 valence electrons. The van der Waals surface area contributed by atoms with E-state index < -0.39 is 0 Å². The van der Waals surface area contributed by atoms with Crippen molar-refractivity contribution < 1.29 is 9.32 Å². The lowest BCUT2D eigenvalue weighted by atomic mass is 9.98. The molecule has 1 atom stereocenters. The highest BCUT2D eigenvalue weighted by molar-refractivity contribution is 5.74. The zero-order chi connectivity index (χ0) is 16.6. The van der Waals surface area contributed by atoms with E-state index in [9.17, 15) is 4.79 Å². The molecule has 2 aromatic rings. The lowest BCUT2D eigenvalue weighted by molar-refractivity contribution is -0.132. The molecule has 0 saturated carbocycles. The molecule has 6 nitrogen and oxygen atoms in total. The van der Waals surface area contributed by atoms with Gasteiger partial charge in [-0.1, -0.05) is 5.16 Å². The average Bonchev–Trinajstić information content (AvgIpc) is 2.85. The monoisotopic (exact) mass is 314 g/mol. The smallest absolute Gasteiger partial charge is 0.220 e. The van der Waals surface area contributed by atoms with E-state index in [2.05, 4.69) is 10.1 Å². The van der Waals surface area contributed by atoms with Gasteiger partial charge in [-0.3, -0.25) is 4.79 Å². The summed E-state index contributed by atoms with van der Waals surface area (Å²) >= 11 is 0. The summed E-state index contributed by atoms with van der Waals surface area (Å²) in [6, 6.07) is 2.01. The van der Waals surface area contributed by atoms with Crippen LogP contribution in [0.25, 0.3) is 11.4 Å². The van der Waals surface area contributed by atoms with Crippen LogP contribution >= 0.6 is 0 Å². The molecule has 1 aliphatic rings. The van der Waals surface area contributed by atoms with Crippen LogP contribution < -0.4 is 0 Å². The molecule has 0 aromatic carbocycles. The summed E-state index contributed by atoms with van der Waals surface area (Å²) in [5.41, 5.74) is 3.42. The van der Waals surface area contributed by atoms with E-state index in [1.165, 1.54) is 0 Å². The van der Waals surface area contributed by atoms with Crippen LogP contribution in [0.15, 0.2) is 10.6 Å². The number of hydrogen-bond donors (Lipinski definition) is 0. The fraction of sp³-hybridized carbons (Fsp3) is 0.529. The number of amides is 1. The number of hydrogen-bond acceptors (Lipinski definition) is 5. The summed E-state index contributed by atoms with van der Waals surface area (Å²) in [7, 11) is 0. The fourth-order valence-electron chi connectivity index (χ4n) is 3.29. The minimum Gasteiger partial charge on any atom is -0.361 e. The van der Waals surface area contributed by atoms with Crippen molar-refractivity contribution in [3.05, 3.63) is 28.9 Å². The van der Waals surface area contributed by atoms with Crippen molar-refractivity contribution in [1.82, 2.24) is 20.0 Å². The Morgan fingerprint density at radius 1 is 1.26 bits per heavy atom. The molecule has 1 amide bonds. The highest BCUT2D eigenvalue weighted by Gasteiger charge is 2.28. The van der Waals surface area contributed by atoms with E-state index in [0.717, 1.165) is 48.5 Å². The Labute approximate surface area is 135 Å². The maximum atomic E-state index is 11.9. The molecule has 0 radical (unpaired) electrons. The van der Waals surface area contributed by atoms with Crippen LogP contribution in [0, 0.1) is 20.8 Å². The van der Waals surface area contributed by atoms with Gasteiger partial charge in [0.2, 0.25) is 5.91 Å². The number of aromatic nitrogens is 3. The van der Waals surface area contributed by atoms with E-state index in [4.69, 9.17) is 9.51 Å². The average molecular weight is 314 g/mol. The Balaban J connectivity index is 2.05. The van der Waals surface area contributed by atoms with Crippen molar-refractivity contribution >= 4 is 5.91 Å². The van der Waals surface area contributed by atoms with Gasteiger partial charge in [0.15, 0.2) is 5.82 Å². The molecule has 1 saturated heterocycles. The Hall–Kier alpha value is -2.24. The minimum absolute atomic E-state index is 0.0298. The van der Waals surface area contributed by atoms with Crippen LogP contribution in [0.3, 0.4) is 0 Å². The molecule has 3 rings (SSSR count). The second-order valence-electron chi connectivity index (χ2n) is 6.18. The summed E-state index contributed by atoms with van der Waals surface area (Å²) in [4.78, 5) is 23.2. The van der Waals surface area contributed by atoms with Crippen molar-refractivity contribution in [2.75, 3.05) is 6.54 Å². The first-order chi connectivity index (χ1) is 11.0. The van der Waals surface area contributed by atoms with Crippen LogP contribution in [0.2, 0.25) is 0 Å². The number of carbonyl (C=O) groups is 1. The van der Waals surface area contributed by atoms with Gasteiger partial charge in [0.05, 0.1) is 23.0 Å². The molecule has 1 fully saturated rings. The molecule has 0 aliphatic carbocycles. The maximum absolute atomic E-state index is 11.9. The van der Waals surface area contributed by atoms with Crippen LogP contribution in [0.1, 0.15) is 55.1 Å². The number of rotatable bonds is 2. The van der Waals surface area contributed by atoms with Gasteiger partial charge in [-0.15, -0.1) is 0 Å². The van der Waals surface area contributed by atoms with Crippen molar-refractivity contribution in [1.29, 1.82) is 0 Å². The molecular formula is C17H22N4O2. The Morgan fingerprint density at radius 2 is 2.04 bits per heavy atom. The third-order valence-electron chi connectivity index (χ3n) is 4.38. The molecule has 23 heavy (non-hydrogen) atoms. The topological polar surface area (TPSA) is 72.1 Å². The molecule has 3 heterocycles. The lowest BCUT2D eigenvalue weighted by Crippen LogP contribution is -2.37. The number of piperidine rings is 1. The van der Waals surface area contributed by atoms with Gasteiger partial charge < -0.3 is 9.42 Å². The normalized spacial score (nSPS) is 18.3. The predicted octanol–water partition coefficient (Wildman–Crippen LogP) is 3.13. The van der Waals surface area contributed by atoms with Gasteiger partial charge in [0.1, 0.15) is 5.76 Å². The van der Waals surface area contributed by atoms with Crippen LogP contribution in [0.5, 0.6) is 0 Å². The van der Waals surface area contributed by atoms with Crippen LogP contribution in [-0.2, 0) is 4.79 Å². The molecule has 0 unspecified atom stereocenters. The quantitative estimate of drug-likeness (QED) is 0.851. The third kappa shape index (κ3) is 2.98. The standard InChI is InChI=1S/C17H22N4O2/c1-10-9-14(15-7-5-6-8-21(15)13(4)22)19-17(18-10)16-11(2)20-23-12(16)3/h9,15H,5-8H2,1-4H3/t15-/m0/s1. The number of aryl methyl sites for hydroxylation is 3. The lowest BCUT2D eigenvalue weighted by Gasteiger charge is -2.34. The first-order valence-electron chi connectivity index (χ1n) is 8.03. The summed E-state index contributed by atoms with van der Waals surface area (Å²) < 4.78 is 5.24. The predicted molar refractivity (Wildman–Crippen MR) is 85.7 cm³/mol. The van der Waals surface area contributed by atoms with Gasteiger partial charge >= 0.3 is 0 Å². The van der Waals surface area contributed by atoms with Gasteiger partial charge in [-0.05, 0) is 46.1 Å². The highest BCUT2D eigenvalue weighted by atomic mass is 16.5. The van der Waals surface area contributed by atoms with Gasteiger partial charge in [0.25, 0.3) is 0 Å². The molecule has 1 aliphatic heterocycles. The van der Waals surface area contributed by atoms with Crippen LogP contribution in [0.4, 0.5) is 0 Å². The van der Waals surface area contributed by atoms with Crippen molar-refractivity contribution in [2.45, 2.75) is 53.0 Å². The van der Waals surface area contributed by atoms with E-state index in [0.29, 0.717) is 11.6 Å². The zero-order valence-corrected chi connectivity index (χ0v) is 14.1. The Kier molecular flexibility index (Phi) is 4.15. The van der Waals surface area contributed by atoms with Crippen molar-refractivity contribution in [3.8, 4) is 11.4 Å². The molecule has 2 aromatic heterocycles. The summed E-state index contributed by atoms with van der Waals surface area (Å²) in [6.07, 6.45) is 3.10. The van der Waals surface area contributed by atoms with E-state index in [1.807, 2.05) is 31.7 Å². The molecule has 6 heteroatoms. The second kappa shape index (κ2) is 6.10. The SMILES string of the molecule is CC(=O)N1CCCC[C@H]1c1cc(C)nc(-c2c(C)noc2C)n1. The maximum Gasteiger partial charge on any atom is 0.220 e. The van der Waals surface area contributed by atoms with Crippen LogP contribution in [-0.4, -0.2) is 32.5 Å². The molecule has 0 spiro atoms. The van der Waals surface area contributed by atoms with E-state index in [-0.39, 0.29) is 11.9 Å². The van der Waals surface area contributed by atoms with E-state index in [1.54, 1.807) is 6.92 Å². The molecular weight excluding hydrogens is 292 g/mol. The second-order valence-corrected chi connectivity index (χ2v) is 6.18. The minimum atomic E-state index is 0.0298. The molecule has 0 bridgehead atoms. The van der Waals surface area contributed by atoms with E-state index >= 15 is 0 Å². The summed E-state index contributed by atoms with van der Waals surface area (Å²) in [5, 5.41) is 3.99. The first kappa shape index (κ1) is 15.6. The number of carbonyl (C=O) groups excluding carboxylic acids is 1.